The molecule has 0 bridgehead atoms. The number of hydrogen-bond acceptors (Lipinski definition) is 8. The Morgan fingerprint density at radius 2 is 1.82 bits per heavy atom. The van der Waals surface area contributed by atoms with E-state index in [-0.39, 0.29) is 11.6 Å². The van der Waals surface area contributed by atoms with E-state index < -0.39 is 0 Å². The molecule has 0 unspecified atom stereocenters. The smallest absolute Gasteiger partial charge is 0.269 e. The normalized spacial score (nSPS) is 12.3. The lowest BCUT2D eigenvalue weighted by Gasteiger charge is -2.22. The molecule has 166 valence electrons. The first-order chi connectivity index (χ1) is 16.1. The number of pyridine rings is 1. The lowest BCUT2D eigenvalue weighted by molar-refractivity contribution is 0.0958. The average molecular weight is 443 g/mol. The first-order valence-corrected chi connectivity index (χ1v) is 10.4. The molecular formula is C24H21N5O4. The van der Waals surface area contributed by atoms with Crippen molar-refractivity contribution in [3.8, 4) is 23.0 Å². The summed E-state index contributed by atoms with van der Waals surface area (Å²) >= 11 is 0. The van der Waals surface area contributed by atoms with Crippen LogP contribution in [0.25, 0.3) is 10.9 Å². The van der Waals surface area contributed by atoms with Crippen LogP contribution in [0.3, 0.4) is 0 Å². The van der Waals surface area contributed by atoms with Crippen molar-refractivity contribution in [2.45, 2.75) is 0 Å². The van der Waals surface area contributed by atoms with Gasteiger partial charge < -0.3 is 24.4 Å². The summed E-state index contributed by atoms with van der Waals surface area (Å²) < 4.78 is 17.2. The zero-order valence-corrected chi connectivity index (χ0v) is 18.1. The Kier molecular flexibility index (Phi) is 5.35. The molecule has 2 aromatic carbocycles. The highest BCUT2D eigenvalue weighted by atomic mass is 16.6. The van der Waals surface area contributed by atoms with Gasteiger partial charge in [0.25, 0.3) is 5.91 Å². The maximum atomic E-state index is 11.8. The Morgan fingerprint density at radius 1 is 1.00 bits per heavy atom. The predicted molar refractivity (Wildman–Crippen MR) is 123 cm³/mol. The molecule has 9 nitrogen and oxygen atoms in total. The van der Waals surface area contributed by atoms with Gasteiger partial charge in [0.05, 0.1) is 5.52 Å². The summed E-state index contributed by atoms with van der Waals surface area (Å²) in [6.45, 7) is 1.09. The van der Waals surface area contributed by atoms with Gasteiger partial charge in [-0.2, -0.15) is 0 Å². The van der Waals surface area contributed by atoms with E-state index in [0.29, 0.717) is 36.4 Å². The summed E-state index contributed by atoms with van der Waals surface area (Å²) in [4.78, 5) is 26.9. The van der Waals surface area contributed by atoms with Crippen LogP contribution in [0.5, 0.6) is 23.0 Å². The average Bonchev–Trinajstić information content (AvgIpc) is 2.87. The van der Waals surface area contributed by atoms with Crippen LogP contribution in [0.2, 0.25) is 0 Å². The quantitative estimate of drug-likeness (QED) is 0.498. The SMILES string of the molecule is CNC(=O)c1cc(Oc2ccc3nc(N(C)c4ccc5c(c4)OCCO5)ncc3c2)ccn1. The molecule has 0 saturated heterocycles. The number of ether oxygens (including phenoxy) is 3. The van der Waals surface area contributed by atoms with Gasteiger partial charge in [-0.25, -0.2) is 9.97 Å². The van der Waals surface area contributed by atoms with Crippen LogP contribution in [0, 0.1) is 0 Å². The second kappa shape index (κ2) is 8.62. The zero-order valence-electron chi connectivity index (χ0n) is 18.1. The Labute approximate surface area is 190 Å². The largest absolute Gasteiger partial charge is 0.486 e. The van der Waals surface area contributed by atoms with E-state index in [1.165, 1.54) is 6.20 Å². The number of aromatic nitrogens is 3. The second-order valence-corrected chi connectivity index (χ2v) is 7.34. The molecule has 0 spiro atoms. The van der Waals surface area contributed by atoms with Crippen LogP contribution in [0.4, 0.5) is 11.6 Å². The van der Waals surface area contributed by atoms with Crippen LogP contribution < -0.4 is 24.4 Å². The van der Waals surface area contributed by atoms with E-state index in [2.05, 4.69) is 20.3 Å². The van der Waals surface area contributed by atoms with Crippen LogP contribution in [0.1, 0.15) is 10.5 Å². The molecule has 5 rings (SSSR count). The molecule has 1 aliphatic rings. The first kappa shape index (κ1) is 20.5. The van der Waals surface area contributed by atoms with Crippen LogP contribution >= 0.6 is 0 Å². The summed E-state index contributed by atoms with van der Waals surface area (Å²) in [6.07, 6.45) is 3.28. The topological polar surface area (TPSA) is 98.7 Å². The lowest BCUT2D eigenvalue weighted by Crippen LogP contribution is -2.18. The van der Waals surface area contributed by atoms with Gasteiger partial charge in [-0.15, -0.1) is 0 Å². The fourth-order valence-electron chi connectivity index (χ4n) is 3.45. The third-order valence-corrected chi connectivity index (χ3v) is 5.18. The molecule has 1 N–H and O–H groups in total. The van der Waals surface area contributed by atoms with Gasteiger partial charge in [0.2, 0.25) is 5.95 Å². The van der Waals surface area contributed by atoms with Crippen molar-refractivity contribution < 1.29 is 19.0 Å². The molecule has 0 fully saturated rings. The van der Waals surface area contributed by atoms with Gasteiger partial charge in [0.15, 0.2) is 11.5 Å². The second-order valence-electron chi connectivity index (χ2n) is 7.34. The number of carbonyl (C=O) groups excluding carboxylic acids is 1. The molecule has 3 heterocycles. The molecule has 0 aliphatic carbocycles. The summed E-state index contributed by atoms with van der Waals surface area (Å²) in [5.74, 6) is 2.84. The highest BCUT2D eigenvalue weighted by Crippen LogP contribution is 2.35. The number of benzene rings is 2. The van der Waals surface area contributed by atoms with Gasteiger partial charge in [0.1, 0.15) is 30.4 Å². The fourth-order valence-corrected chi connectivity index (χ4v) is 3.45. The van der Waals surface area contributed by atoms with Crippen molar-refractivity contribution >= 4 is 28.4 Å². The van der Waals surface area contributed by atoms with Crippen molar-refractivity contribution in [3.63, 3.8) is 0 Å². The number of anilines is 2. The van der Waals surface area contributed by atoms with Crippen molar-refractivity contribution in [1.82, 2.24) is 20.3 Å². The molecular weight excluding hydrogens is 422 g/mol. The van der Waals surface area contributed by atoms with E-state index in [0.717, 1.165) is 22.3 Å². The molecule has 33 heavy (non-hydrogen) atoms. The number of fused-ring (bicyclic) bond motifs is 2. The number of nitrogens with one attached hydrogen (secondary N) is 1. The fraction of sp³-hybridized carbons (Fsp3) is 0.167. The summed E-state index contributed by atoms with van der Waals surface area (Å²) in [6, 6.07) is 14.6. The van der Waals surface area contributed by atoms with Crippen LogP contribution in [0.15, 0.2) is 60.9 Å². The molecule has 0 radical (unpaired) electrons. The van der Waals surface area contributed by atoms with E-state index in [9.17, 15) is 4.79 Å². The molecule has 0 saturated carbocycles. The Balaban J connectivity index is 1.37. The lowest BCUT2D eigenvalue weighted by atomic mass is 10.2. The van der Waals surface area contributed by atoms with E-state index in [1.54, 1.807) is 25.4 Å². The summed E-state index contributed by atoms with van der Waals surface area (Å²) in [5, 5.41) is 3.37. The van der Waals surface area contributed by atoms with Gasteiger partial charge in [-0.3, -0.25) is 9.78 Å². The van der Waals surface area contributed by atoms with Crippen molar-refractivity contribution in [3.05, 3.63) is 66.6 Å². The van der Waals surface area contributed by atoms with Crippen LogP contribution in [-0.2, 0) is 0 Å². The van der Waals surface area contributed by atoms with E-state index >= 15 is 0 Å². The Bertz CT molecular complexity index is 1340. The van der Waals surface area contributed by atoms with Crippen molar-refractivity contribution in [1.29, 1.82) is 0 Å². The third kappa shape index (κ3) is 4.20. The number of carbonyl (C=O) groups is 1. The van der Waals surface area contributed by atoms with Gasteiger partial charge >= 0.3 is 0 Å². The zero-order chi connectivity index (χ0) is 22.8. The van der Waals surface area contributed by atoms with E-state index in [1.807, 2.05) is 48.3 Å². The molecule has 4 aromatic rings. The molecule has 1 amide bonds. The molecule has 9 heteroatoms. The molecule has 1 aliphatic heterocycles. The van der Waals surface area contributed by atoms with Crippen molar-refractivity contribution in [2.75, 3.05) is 32.2 Å². The minimum Gasteiger partial charge on any atom is -0.486 e. The minimum atomic E-state index is -0.276. The third-order valence-electron chi connectivity index (χ3n) is 5.18. The Hall–Kier alpha value is -4.40. The molecule has 2 aromatic heterocycles. The van der Waals surface area contributed by atoms with Crippen LogP contribution in [-0.4, -0.2) is 48.2 Å². The van der Waals surface area contributed by atoms with Gasteiger partial charge in [-0.1, -0.05) is 0 Å². The number of amides is 1. The number of hydrogen-bond donors (Lipinski definition) is 1. The first-order valence-electron chi connectivity index (χ1n) is 10.4. The van der Waals surface area contributed by atoms with Gasteiger partial charge in [-0.05, 0) is 36.4 Å². The highest BCUT2D eigenvalue weighted by Gasteiger charge is 2.15. The molecule has 0 atom stereocenters. The minimum absolute atomic E-state index is 0.276. The monoisotopic (exact) mass is 443 g/mol. The predicted octanol–water partition coefficient (Wildman–Crippen LogP) is 3.72. The Morgan fingerprint density at radius 3 is 2.67 bits per heavy atom. The van der Waals surface area contributed by atoms with E-state index in [4.69, 9.17) is 14.2 Å². The number of nitrogens with zero attached hydrogens (tertiary/aromatic N) is 4. The maximum absolute atomic E-state index is 11.8. The summed E-state index contributed by atoms with van der Waals surface area (Å²) in [7, 11) is 3.46. The number of rotatable bonds is 5. The van der Waals surface area contributed by atoms with Crippen molar-refractivity contribution in [2.24, 2.45) is 0 Å². The van der Waals surface area contributed by atoms with Gasteiger partial charge in [0, 0.05) is 49.7 Å². The standard InChI is InChI=1S/C24H21N5O4/c1-25-23(30)20-13-18(7-8-26-20)33-17-4-5-19-15(11-17)14-27-24(28-19)29(2)16-3-6-21-22(12-16)32-10-9-31-21/h3-8,11-14H,9-10H2,1-2H3,(H,25,30). The summed E-state index contributed by atoms with van der Waals surface area (Å²) in [5.41, 5.74) is 1.95. The maximum Gasteiger partial charge on any atom is 0.269 e. The highest BCUT2D eigenvalue weighted by molar-refractivity contribution is 5.92.